The molecule has 2 rings (SSSR count). The van der Waals surface area contributed by atoms with Crippen molar-refractivity contribution in [2.24, 2.45) is 0 Å². The molecule has 0 radical (unpaired) electrons. The van der Waals surface area contributed by atoms with E-state index in [0.29, 0.717) is 6.54 Å². The molecule has 4 heteroatoms. The zero-order valence-corrected chi connectivity index (χ0v) is 10.9. The highest BCUT2D eigenvalue weighted by Gasteiger charge is 2.26. The van der Waals surface area contributed by atoms with Gasteiger partial charge in [0.15, 0.2) is 0 Å². The molecule has 86 valence electrons. The van der Waals surface area contributed by atoms with Crippen molar-refractivity contribution in [3.05, 3.63) is 29.6 Å². The second-order valence-corrected chi connectivity index (χ2v) is 5.28. The van der Waals surface area contributed by atoms with E-state index in [1.807, 2.05) is 17.2 Å². The zero-order valence-electron chi connectivity index (χ0n) is 9.32. The van der Waals surface area contributed by atoms with E-state index in [0.717, 1.165) is 24.9 Å². The van der Waals surface area contributed by atoms with Gasteiger partial charge >= 0.3 is 0 Å². The van der Waals surface area contributed by atoms with Crippen LogP contribution in [-0.2, 0) is 11.3 Å². The Morgan fingerprint density at radius 2 is 2.44 bits per heavy atom. The van der Waals surface area contributed by atoms with Gasteiger partial charge in [0.1, 0.15) is 0 Å². The Balaban J connectivity index is 2.10. The maximum absolute atomic E-state index is 11.9. The van der Waals surface area contributed by atoms with E-state index in [-0.39, 0.29) is 10.7 Å². The van der Waals surface area contributed by atoms with Crippen LogP contribution in [0.1, 0.15) is 24.0 Å². The third-order valence-corrected chi connectivity index (χ3v) is 3.82. The van der Waals surface area contributed by atoms with E-state index in [4.69, 9.17) is 0 Å². The lowest BCUT2D eigenvalue weighted by molar-refractivity contribution is -0.133. The molecular weight excluding hydrogens is 268 g/mol. The summed E-state index contributed by atoms with van der Waals surface area (Å²) in [5, 5.41) is 0. The van der Waals surface area contributed by atoms with Gasteiger partial charge in [0, 0.05) is 25.5 Å². The van der Waals surface area contributed by atoms with Crippen molar-refractivity contribution in [2.45, 2.75) is 31.1 Å². The molecule has 0 aliphatic carbocycles. The molecule has 1 atom stereocenters. The fourth-order valence-corrected chi connectivity index (χ4v) is 2.53. The summed E-state index contributed by atoms with van der Waals surface area (Å²) in [6.45, 7) is 3.59. The van der Waals surface area contributed by atoms with Gasteiger partial charge in [0.05, 0.1) is 4.83 Å². The van der Waals surface area contributed by atoms with Gasteiger partial charge in [-0.15, -0.1) is 0 Å². The Morgan fingerprint density at radius 1 is 1.62 bits per heavy atom. The Labute approximate surface area is 104 Å². The van der Waals surface area contributed by atoms with Crippen molar-refractivity contribution in [3.63, 3.8) is 0 Å². The number of piperidine rings is 1. The quantitative estimate of drug-likeness (QED) is 0.780. The predicted octanol–water partition coefficient (Wildman–Crippen LogP) is 2.28. The summed E-state index contributed by atoms with van der Waals surface area (Å²) in [6.07, 6.45) is 5.65. The van der Waals surface area contributed by atoms with Crippen LogP contribution in [0.3, 0.4) is 0 Å². The summed E-state index contributed by atoms with van der Waals surface area (Å²) >= 11 is 3.42. The van der Waals surface area contributed by atoms with Gasteiger partial charge in [-0.3, -0.25) is 9.78 Å². The topological polar surface area (TPSA) is 33.2 Å². The Morgan fingerprint density at radius 3 is 3.19 bits per heavy atom. The van der Waals surface area contributed by atoms with Gasteiger partial charge in [0.2, 0.25) is 5.91 Å². The standard InChI is InChI=1S/C12H15BrN2O/c1-9-4-5-14-7-10(9)8-15-6-2-3-11(13)12(15)16/h4-5,7,11H,2-3,6,8H2,1H3. The van der Waals surface area contributed by atoms with E-state index < -0.39 is 0 Å². The van der Waals surface area contributed by atoms with E-state index in [9.17, 15) is 4.79 Å². The molecule has 1 amide bonds. The van der Waals surface area contributed by atoms with Crippen LogP contribution in [0.2, 0.25) is 0 Å². The van der Waals surface area contributed by atoms with Gasteiger partial charge in [-0.25, -0.2) is 0 Å². The number of alkyl halides is 1. The molecule has 1 saturated heterocycles. The molecule has 0 N–H and O–H groups in total. The lowest BCUT2D eigenvalue weighted by atomic mass is 10.1. The minimum atomic E-state index is -0.00164. The monoisotopic (exact) mass is 282 g/mol. The Kier molecular flexibility index (Phi) is 3.59. The molecule has 3 nitrogen and oxygen atoms in total. The first-order chi connectivity index (χ1) is 7.68. The molecule has 0 spiro atoms. The van der Waals surface area contributed by atoms with Gasteiger partial charge in [-0.05, 0) is 37.0 Å². The number of likely N-dealkylation sites (tertiary alicyclic amines) is 1. The highest BCUT2D eigenvalue weighted by molar-refractivity contribution is 9.10. The summed E-state index contributed by atoms with van der Waals surface area (Å²) in [5.74, 6) is 0.203. The smallest absolute Gasteiger partial charge is 0.236 e. The van der Waals surface area contributed by atoms with Crippen molar-refractivity contribution in [1.29, 1.82) is 0 Å². The van der Waals surface area contributed by atoms with Crippen LogP contribution < -0.4 is 0 Å². The van der Waals surface area contributed by atoms with Crippen LogP contribution in [0.4, 0.5) is 0 Å². The van der Waals surface area contributed by atoms with Crippen molar-refractivity contribution in [2.75, 3.05) is 6.54 Å². The Bertz CT molecular complexity index is 394. The van der Waals surface area contributed by atoms with Crippen LogP contribution in [0.15, 0.2) is 18.5 Å². The number of nitrogens with zero attached hydrogens (tertiary/aromatic N) is 2. The van der Waals surface area contributed by atoms with Crippen LogP contribution in [-0.4, -0.2) is 27.2 Å². The number of hydrogen-bond donors (Lipinski definition) is 0. The molecule has 2 heterocycles. The van der Waals surface area contributed by atoms with Crippen LogP contribution in [0.25, 0.3) is 0 Å². The lowest BCUT2D eigenvalue weighted by Gasteiger charge is -2.30. The first-order valence-electron chi connectivity index (χ1n) is 5.51. The van der Waals surface area contributed by atoms with E-state index in [1.165, 1.54) is 5.56 Å². The molecule has 0 aromatic carbocycles. The molecule has 1 aromatic rings. The third-order valence-electron chi connectivity index (χ3n) is 2.97. The molecule has 1 aliphatic rings. The molecular formula is C12H15BrN2O. The molecule has 1 aromatic heterocycles. The van der Waals surface area contributed by atoms with Crippen molar-refractivity contribution < 1.29 is 4.79 Å². The SMILES string of the molecule is Cc1ccncc1CN1CCCC(Br)C1=O. The van der Waals surface area contributed by atoms with Crippen molar-refractivity contribution in [3.8, 4) is 0 Å². The summed E-state index contributed by atoms with van der Waals surface area (Å²) in [5.41, 5.74) is 2.33. The number of hydrogen-bond acceptors (Lipinski definition) is 2. The van der Waals surface area contributed by atoms with Crippen molar-refractivity contribution >= 4 is 21.8 Å². The molecule has 1 aliphatic heterocycles. The largest absolute Gasteiger partial charge is 0.337 e. The van der Waals surface area contributed by atoms with E-state index in [1.54, 1.807) is 6.20 Å². The Hall–Kier alpha value is -0.900. The fraction of sp³-hybridized carbons (Fsp3) is 0.500. The number of pyridine rings is 1. The number of aromatic nitrogens is 1. The highest BCUT2D eigenvalue weighted by atomic mass is 79.9. The number of rotatable bonds is 2. The van der Waals surface area contributed by atoms with Gasteiger partial charge in [-0.2, -0.15) is 0 Å². The number of carbonyl (C=O) groups is 1. The van der Waals surface area contributed by atoms with Crippen LogP contribution in [0, 0.1) is 6.92 Å². The van der Waals surface area contributed by atoms with Crippen molar-refractivity contribution in [1.82, 2.24) is 9.88 Å². The zero-order chi connectivity index (χ0) is 11.5. The number of amides is 1. The number of carbonyl (C=O) groups excluding carboxylic acids is 1. The highest BCUT2D eigenvalue weighted by Crippen LogP contribution is 2.20. The molecule has 0 saturated carbocycles. The first-order valence-corrected chi connectivity index (χ1v) is 6.42. The summed E-state index contributed by atoms with van der Waals surface area (Å²) in [4.78, 5) is 17.9. The summed E-state index contributed by atoms with van der Waals surface area (Å²) < 4.78 is 0. The maximum atomic E-state index is 11.9. The van der Waals surface area contributed by atoms with E-state index >= 15 is 0 Å². The molecule has 1 unspecified atom stereocenters. The normalized spacial score (nSPS) is 21.2. The van der Waals surface area contributed by atoms with Gasteiger partial charge < -0.3 is 4.90 Å². The predicted molar refractivity (Wildman–Crippen MR) is 66.3 cm³/mol. The third kappa shape index (κ3) is 2.43. The molecule has 1 fully saturated rings. The number of aryl methyl sites for hydroxylation is 1. The minimum Gasteiger partial charge on any atom is -0.337 e. The van der Waals surface area contributed by atoms with Crippen LogP contribution >= 0.6 is 15.9 Å². The van der Waals surface area contributed by atoms with Crippen LogP contribution in [0.5, 0.6) is 0 Å². The number of halogens is 1. The lowest BCUT2D eigenvalue weighted by Crippen LogP contribution is -2.41. The summed E-state index contributed by atoms with van der Waals surface area (Å²) in [6, 6.07) is 1.98. The van der Waals surface area contributed by atoms with Gasteiger partial charge in [0.25, 0.3) is 0 Å². The fourth-order valence-electron chi connectivity index (χ4n) is 1.92. The molecule has 0 bridgehead atoms. The van der Waals surface area contributed by atoms with E-state index in [2.05, 4.69) is 27.8 Å². The van der Waals surface area contributed by atoms with Gasteiger partial charge in [-0.1, -0.05) is 15.9 Å². The molecule has 16 heavy (non-hydrogen) atoms. The minimum absolute atomic E-state index is 0.00164. The maximum Gasteiger partial charge on any atom is 0.236 e. The average Bonchev–Trinajstić information content (AvgIpc) is 2.28. The first kappa shape index (κ1) is 11.6. The average molecular weight is 283 g/mol. The second-order valence-electron chi connectivity index (χ2n) is 4.17. The second kappa shape index (κ2) is 4.95. The summed E-state index contributed by atoms with van der Waals surface area (Å²) in [7, 11) is 0.